The number of unbranched alkanes of at least 4 members (excludes halogenated alkanes) is 1. The maximum Gasteiger partial charge on any atom is 0.257 e. The number of anilines is 1. The van der Waals surface area contributed by atoms with E-state index in [1.54, 1.807) is 47.5 Å². The molecule has 232 valence electrons. The summed E-state index contributed by atoms with van der Waals surface area (Å²) < 4.78 is 0. The fourth-order valence-corrected chi connectivity index (χ4v) is 4.70. The lowest BCUT2D eigenvalue weighted by molar-refractivity contribution is -0.132. The number of pyridine rings is 1. The van der Waals surface area contributed by atoms with Crippen LogP contribution in [0.3, 0.4) is 0 Å². The maximum absolute atomic E-state index is 13.3. The highest BCUT2D eigenvalue weighted by atomic mass is 16.2. The molecule has 0 unspecified atom stereocenters. The van der Waals surface area contributed by atoms with Gasteiger partial charge in [0.25, 0.3) is 11.8 Å². The molecule has 1 aliphatic heterocycles. The first kappa shape index (κ1) is 34.0. The van der Waals surface area contributed by atoms with Gasteiger partial charge in [0.2, 0.25) is 5.91 Å². The molecule has 2 heterocycles. The molecule has 0 radical (unpaired) electrons. The number of para-hydroxylation sites is 1. The first-order chi connectivity index (χ1) is 21.6. The van der Waals surface area contributed by atoms with E-state index in [1.807, 2.05) is 4.90 Å². The van der Waals surface area contributed by atoms with Crippen LogP contribution in [0.25, 0.3) is 0 Å². The smallest absolute Gasteiger partial charge is 0.257 e. The van der Waals surface area contributed by atoms with Gasteiger partial charge in [0.1, 0.15) is 0 Å². The summed E-state index contributed by atoms with van der Waals surface area (Å²) in [5, 5.41) is 2.83. The lowest BCUT2D eigenvalue weighted by atomic mass is 10.1. The SMILES string of the molecule is CCC=CCC=CCC=CCC=CCC=CCCCC(=O)N1CCN(C(=O)c2ccccc2NC(=O)c2cccnc2)CC1. The number of benzene rings is 1. The lowest BCUT2D eigenvalue weighted by Crippen LogP contribution is -2.50. The molecule has 1 aromatic carbocycles. The molecule has 1 aliphatic rings. The summed E-state index contributed by atoms with van der Waals surface area (Å²) in [6.45, 7) is 4.09. The van der Waals surface area contributed by atoms with Gasteiger partial charge >= 0.3 is 0 Å². The topological polar surface area (TPSA) is 82.6 Å². The van der Waals surface area contributed by atoms with Gasteiger partial charge in [0, 0.05) is 45.0 Å². The molecule has 1 fully saturated rings. The molecule has 0 atom stereocenters. The first-order valence-corrected chi connectivity index (χ1v) is 15.7. The molecule has 2 aromatic rings. The van der Waals surface area contributed by atoms with Crippen LogP contribution in [-0.4, -0.2) is 58.7 Å². The second-order valence-corrected chi connectivity index (χ2v) is 10.5. The number of aromatic nitrogens is 1. The van der Waals surface area contributed by atoms with Crippen molar-refractivity contribution in [1.29, 1.82) is 0 Å². The van der Waals surface area contributed by atoms with E-state index >= 15 is 0 Å². The normalized spacial score (nSPS) is 14.1. The Morgan fingerprint density at radius 3 is 1.95 bits per heavy atom. The zero-order valence-corrected chi connectivity index (χ0v) is 25.9. The lowest BCUT2D eigenvalue weighted by Gasteiger charge is -2.35. The Morgan fingerprint density at radius 2 is 1.34 bits per heavy atom. The quantitative estimate of drug-likeness (QED) is 0.161. The van der Waals surface area contributed by atoms with Gasteiger partial charge < -0.3 is 15.1 Å². The van der Waals surface area contributed by atoms with Crippen molar-refractivity contribution in [3.63, 3.8) is 0 Å². The molecule has 44 heavy (non-hydrogen) atoms. The fourth-order valence-electron chi connectivity index (χ4n) is 4.70. The van der Waals surface area contributed by atoms with E-state index < -0.39 is 0 Å². The first-order valence-electron chi connectivity index (χ1n) is 15.7. The number of nitrogens with zero attached hydrogens (tertiary/aromatic N) is 3. The highest BCUT2D eigenvalue weighted by Gasteiger charge is 2.26. The van der Waals surface area contributed by atoms with Gasteiger partial charge in [-0.05, 0) is 69.2 Å². The van der Waals surface area contributed by atoms with Gasteiger partial charge in [0.15, 0.2) is 0 Å². The highest BCUT2D eigenvalue weighted by Crippen LogP contribution is 2.20. The number of carbonyl (C=O) groups is 3. The van der Waals surface area contributed by atoms with Crippen molar-refractivity contribution in [2.45, 2.75) is 58.3 Å². The largest absolute Gasteiger partial charge is 0.339 e. The second kappa shape index (κ2) is 20.4. The van der Waals surface area contributed by atoms with Crippen LogP contribution in [0.1, 0.15) is 79.0 Å². The third-order valence-electron chi connectivity index (χ3n) is 7.17. The summed E-state index contributed by atoms with van der Waals surface area (Å²) in [6.07, 6.45) is 32.0. The standard InChI is InChI=1S/C37H46N4O3/c1-2-3-4-5-6-7-8-9-10-11-12-13-14-15-16-17-18-25-35(42)40-27-29-41(30-28-40)37(44)33-23-19-20-24-34(33)39-36(43)32-22-21-26-38-31-32/h3-4,6-7,9-10,12-13,15-16,19-24,26,31H,2,5,8,11,14,17-18,25,27-30H2,1H3,(H,39,43). The van der Waals surface area contributed by atoms with E-state index in [2.05, 4.69) is 78.0 Å². The molecule has 7 heteroatoms. The minimum Gasteiger partial charge on any atom is -0.339 e. The Bertz CT molecular complexity index is 1320. The van der Waals surface area contributed by atoms with Gasteiger partial charge in [-0.25, -0.2) is 0 Å². The van der Waals surface area contributed by atoms with E-state index in [4.69, 9.17) is 0 Å². The Morgan fingerprint density at radius 1 is 0.750 bits per heavy atom. The van der Waals surface area contributed by atoms with Crippen LogP contribution in [0.15, 0.2) is 110 Å². The average molecular weight is 595 g/mol. The number of piperazine rings is 1. The van der Waals surface area contributed by atoms with E-state index in [1.165, 1.54) is 6.20 Å². The van der Waals surface area contributed by atoms with Crippen molar-refractivity contribution >= 4 is 23.4 Å². The van der Waals surface area contributed by atoms with Crippen molar-refractivity contribution < 1.29 is 14.4 Å². The predicted molar refractivity (Wildman–Crippen MR) is 179 cm³/mol. The summed E-state index contributed by atoms with van der Waals surface area (Å²) in [5.74, 6) is -0.343. The van der Waals surface area contributed by atoms with Gasteiger partial charge in [-0.2, -0.15) is 0 Å². The number of allylic oxidation sites excluding steroid dienone is 10. The molecular formula is C37H46N4O3. The highest BCUT2D eigenvalue weighted by molar-refractivity contribution is 6.08. The van der Waals surface area contributed by atoms with E-state index in [0.29, 0.717) is 49.4 Å². The number of carbonyl (C=O) groups excluding carboxylic acids is 3. The minimum atomic E-state index is -0.321. The third-order valence-corrected chi connectivity index (χ3v) is 7.17. The maximum atomic E-state index is 13.3. The molecule has 0 saturated carbocycles. The molecule has 3 rings (SSSR count). The summed E-state index contributed by atoms with van der Waals surface area (Å²) in [6, 6.07) is 10.4. The van der Waals surface area contributed by atoms with Crippen molar-refractivity contribution in [1.82, 2.24) is 14.8 Å². The van der Waals surface area contributed by atoms with E-state index in [9.17, 15) is 14.4 Å². The van der Waals surface area contributed by atoms with Gasteiger partial charge in [-0.3, -0.25) is 19.4 Å². The molecule has 1 aromatic heterocycles. The molecule has 1 N–H and O–H groups in total. The monoisotopic (exact) mass is 594 g/mol. The van der Waals surface area contributed by atoms with Crippen LogP contribution in [0.2, 0.25) is 0 Å². The van der Waals surface area contributed by atoms with Gasteiger partial charge in [-0.1, -0.05) is 79.8 Å². The molecule has 0 aliphatic carbocycles. The Kier molecular flexibility index (Phi) is 15.7. The number of hydrogen-bond acceptors (Lipinski definition) is 4. The van der Waals surface area contributed by atoms with Crippen molar-refractivity contribution in [3.8, 4) is 0 Å². The number of amides is 3. The molecule has 1 saturated heterocycles. The Balaban J connectivity index is 1.30. The molecular weight excluding hydrogens is 548 g/mol. The summed E-state index contributed by atoms with van der Waals surface area (Å²) in [5.41, 5.74) is 1.31. The van der Waals surface area contributed by atoms with Crippen LogP contribution in [-0.2, 0) is 4.79 Å². The second-order valence-electron chi connectivity index (χ2n) is 10.5. The van der Waals surface area contributed by atoms with Crippen molar-refractivity contribution in [2.24, 2.45) is 0 Å². The predicted octanol–water partition coefficient (Wildman–Crippen LogP) is 7.54. The summed E-state index contributed by atoms with van der Waals surface area (Å²) >= 11 is 0. The zero-order valence-electron chi connectivity index (χ0n) is 25.9. The average Bonchev–Trinajstić information content (AvgIpc) is 3.06. The Hall–Kier alpha value is -4.52. The minimum absolute atomic E-state index is 0.133. The Labute approximate surface area is 262 Å². The third kappa shape index (κ3) is 12.4. The molecule has 0 bridgehead atoms. The molecule has 7 nitrogen and oxygen atoms in total. The van der Waals surface area contributed by atoms with E-state index in [0.717, 1.165) is 44.9 Å². The summed E-state index contributed by atoms with van der Waals surface area (Å²) in [7, 11) is 0. The number of hydrogen-bond donors (Lipinski definition) is 1. The van der Waals surface area contributed by atoms with Gasteiger partial charge in [-0.15, -0.1) is 0 Å². The van der Waals surface area contributed by atoms with Crippen LogP contribution >= 0.6 is 0 Å². The number of rotatable bonds is 16. The summed E-state index contributed by atoms with van der Waals surface area (Å²) in [4.78, 5) is 46.2. The van der Waals surface area contributed by atoms with Crippen LogP contribution in [0, 0.1) is 0 Å². The van der Waals surface area contributed by atoms with Crippen molar-refractivity contribution in [2.75, 3.05) is 31.5 Å². The van der Waals surface area contributed by atoms with Crippen LogP contribution < -0.4 is 5.32 Å². The van der Waals surface area contributed by atoms with Crippen LogP contribution in [0.4, 0.5) is 5.69 Å². The molecule has 0 spiro atoms. The van der Waals surface area contributed by atoms with E-state index in [-0.39, 0.29) is 17.7 Å². The van der Waals surface area contributed by atoms with Crippen LogP contribution in [0.5, 0.6) is 0 Å². The zero-order chi connectivity index (χ0) is 31.2. The van der Waals surface area contributed by atoms with Crippen molar-refractivity contribution in [3.05, 3.63) is 121 Å². The fraction of sp³-hybridized carbons (Fsp3) is 0.351. The molecule has 3 amide bonds. The number of nitrogens with one attached hydrogen (secondary N) is 1. The van der Waals surface area contributed by atoms with Gasteiger partial charge in [0.05, 0.1) is 16.8 Å².